The third kappa shape index (κ3) is 3.70. The lowest BCUT2D eigenvalue weighted by molar-refractivity contribution is 0.501. The minimum absolute atomic E-state index is 0.0539. The molecule has 112 valence electrons. The van der Waals surface area contributed by atoms with Crippen LogP contribution in [0.2, 0.25) is 0 Å². The Kier molecular flexibility index (Phi) is 5.88. The number of rotatable bonds is 4. The molecule has 2 nitrogen and oxygen atoms in total. The highest BCUT2D eigenvalue weighted by Gasteiger charge is 2.25. The third-order valence-corrected chi connectivity index (χ3v) is 4.57. The summed E-state index contributed by atoms with van der Waals surface area (Å²) in [6.07, 6.45) is 1.60. The summed E-state index contributed by atoms with van der Waals surface area (Å²) in [6, 6.07) is 3.69. The summed E-state index contributed by atoms with van der Waals surface area (Å²) in [6.45, 7) is 2.41. The molecule has 1 heterocycles. The lowest BCUT2D eigenvalue weighted by Crippen LogP contribution is -2.25. The number of pyridine rings is 1. The van der Waals surface area contributed by atoms with Crippen LogP contribution in [0, 0.1) is 11.6 Å². The van der Waals surface area contributed by atoms with Crippen LogP contribution in [0.1, 0.15) is 24.2 Å². The zero-order valence-electron chi connectivity index (χ0n) is 10.9. The number of nitrogens with zero attached hydrogens (tertiary/aromatic N) is 1. The lowest BCUT2D eigenvalue weighted by Gasteiger charge is -2.21. The molecule has 0 radical (unpaired) electrons. The molecule has 2 rings (SSSR count). The van der Waals surface area contributed by atoms with Gasteiger partial charge in [-0.3, -0.25) is 4.98 Å². The van der Waals surface area contributed by atoms with Crippen molar-refractivity contribution in [2.75, 3.05) is 6.54 Å². The zero-order valence-corrected chi connectivity index (χ0v) is 15.7. The fourth-order valence-electron chi connectivity index (χ4n) is 1.98. The van der Waals surface area contributed by atoms with E-state index < -0.39 is 17.7 Å². The Morgan fingerprint density at radius 2 is 1.90 bits per heavy atom. The van der Waals surface area contributed by atoms with Gasteiger partial charge in [-0.15, -0.1) is 0 Å². The second kappa shape index (κ2) is 7.26. The largest absolute Gasteiger partial charge is 0.305 e. The molecule has 1 unspecified atom stereocenters. The van der Waals surface area contributed by atoms with Crippen molar-refractivity contribution in [3.63, 3.8) is 0 Å². The maximum Gasteiger partial charge on any atom is 0.145 e. The Bertz CT molecular complexity index is 665. The number of hydrogen-bond acceptors (Lipinski definition) is 2. The maximum atomic E-state index is 14.4. The van der Waals surface area contributed by atoms with Gasteiger partial charge in [-0.2, -0.15) is 0 Å². The molecule has 0 aliphatic rings. The summed E-state index contributed by atoms with van der Waals surface area (Å²) < 4.78 is 30.2. The zero-order chi connectivity index (χ0) is 15.6. The van der Waals surface area contributed by atoms with Gasteiger partial charge >= 0.3 is 0 Å². The summed E-state index contributed by atoms with van der Waals surface area (Å²) in [7, 11) is 0. The number of hydrogen-bond donors (Lipinski definition) is 1. The van der Waals surface area contributed by atoms with Gasteiger partial charge in [0.25, 0.3) is 0 Å². The maximum absolute atomic E-state index is 14.4. The van der Waals surface area contributed by atoms with Crippen LogP contribution in [0.3, 0.4) is 0 Å². The normalized spacial score (nSPS) is 12.5. The van der Waals surface area contributed by atoms with Crippen molar-refractivity contribution in [3.8, 4) is 0 Å². The van der Waals surface area contributed by atoms with E-state index in [-0.39, 0.29) is 10.0 Å². The standard InChI is InChI=1S/C14H11Br3F2N2/c1-2-20-14(13-9(17)5-7(15)6-21-13)11-10(18)4-3-8(16)12(11)19/h3-6,14,20H,2H2,1H3. The minimum atomic E-state index is -0.685. The average molecular weight is 485 g/mol. The summed E-state index contributed by atoms with van der Waals surface area (Å²) in [4.78, 5) is 4.28. The van der Waals surface area contributed by atoms with Crippen LogP contribution in [0.15, 0.2) is 37.8 Å². The molecule has 0 spiro atoms. The molecule has 0 saturated carbocycles. The van der Waals surface area contributed by atoms with E-state index in [1.165, 1.54) is 12.1 Å². The van der Waals surface area contributed by atoms with Crippen LogP contribution in [-0.4, -0.2) is 11.5 Å². The molecule has 0 bridgehead atoms. The van der Waals surface area contributed by atoms with Gasteiger partial charge in [0.2, 0.25) is 0 Å². The first-order valence-electron chi connectivity index (χ1n) is 6.13. The van der Waals surface area contributed by atoms with Crippen LogP contribution in [-0.2, 0) is 0 Å². The Hall–Kier alpha value is -0.370. The summed E-state index contributed by atoms with van der Waals surface area (Å²) in [5.74, 6) is -1.24. The van der Waals surface area contributed by atoms with Crippen LogP contribution in [0.5, 0.6) is 0 Å². The van der Waals surface area contributed by atoms with Crippen molar-refractivity contribution >= 4 is 47.8 Å². The van der Waals surface area contributed by atoms with Crippen LogP contribution in [0.4, 0.5) is 8.78 Å². The number of halogens is 5. The molecule has 0 fully saturated rings. The van der Waals surface area contributed by atoms with E-state index in [0.717, 1.165) is 4.47 Å². The molecule has 1 aromatic carbocycles. The molecule has 0 aliphatic carbocycles. The lowest BCUT2D eigenvalue weighted by atomic mass is 10.0. The molecule has 1 N–H and O–H groups in total. The van der Waals surface area contributed by atoms with Crippen molar-refractivity contribution in [2.45, 2.75) is 13.0 Å². The smallest absolute Gasteiger partial charge is 0.145 e. The molecule has 1 atom stereocenters. The molecular weight excluding hydrogens is 474 g/mol. The molecule has 0 amide bonds. The van der Waals surface area contributed by atoms with Crippen LogP contribution >= 0.6 is 47.8 Å². The van der Waals surface area contributed by atoms with Gasteiger partial charge in [0.15, 0.2) is 0 Å². The Morgan fingerprint density at radius 3 is 2.52 bits per heavy atom. The molecule has 0 saturated heterocycles. The first-order valence-corrected chi connectivity index (χ1v) is 8.51. The molecular formula is C14H11Br3F2N2. The average Bonchev–Trinajstić information content (AvgIpc) is 2.43. The van der Waals surface area contributed by atoms with E-state index in [2.05, 4.69) is 58.1 Å². The van der Waals surface area contributed by atoms with E-state index in [9.17, 15) is 8.78 Å². The van der Waals surface area contributed by atoms with Crippen molar-refractivity contribution in [1.82, 2.24) is 10.3 Å². The molecule has 1 aromatic heterocycles. The number of nitrogens with one attached hydrogen (secondary N) is 1. The van der Waals surface area contributed by atoms with E-state index in [0.29, 0.717) is 16.7 Å². The first-order chi connectivity index (χ1) is 9.95. The highest BCUT2D eigenvalue weighted by molar-refractivity contribution is 9.11. The predicted molar refractivity (Wildman–Crippen MR) is 89.2 cm³/mol. The molecule has 0 aliphatic heterocycles. The van der Waals surface area contributed by atoms with E-state index >= 15 is 0 Å². The molecule has 21 heavy (non-hydrogen) atoms. The van der Waals surface area contributed by atoms with E-state index in [4.69, 9.17) is 0 Å². The predicted octanol–water partition coefficient (Wildman–Crippen LogP) is 5.35. The molecule has 2 aromatic rings. The summed E-state index contributed by atoms with van der Waals surface area (Å²) >= 11 is 9.80. The van der Waals surface area contributed by atoms with Crippen molar-refractivity contribution in [2.24, 2.45) is 0 Å². The number of benzene rings is 1. The van der Waals surface area contributed by atoms with Gasteiger partial charge in [0, 0.05) is 20.7 Å². The second-order valence-corrected chi connectivity index (χ2v) is 6.89. The third-order valence-electron chi connectivity index (χ3n) is 2.89. The Morgan fingerprint density at radius 1 is 1.19 bits per heavy atom. The van der Waals surface area contributed by atoms with Gasteiger partial charge in [-0.25, -0.2) is 8.78 Å². The van der Waals surface area contributed by atoms with E-state index in [1.807, 2.05) is 6.92 Å². The first kappa shape index (κ1) is 17.0. The van der Waals surface area contributed by atoms with Gasteiger partial charge < -0.3 is 5.32 Å². The Labute approximate surface area is 146 Å². The topological polar surface area (TPSA) is 24.9 Å². The second-order valence-electron chi connectivity index (χ2n) is 4.27. The van der Waals surface area contributed by atoms with Crippen LogP contribution < -0.4 is 5.32 Å². The Balaban J connectivity index is 2.61. The fraction of sp³-hybridized carbons (Fsp3) is 0.214. The van der Waals surface area contributed by atoms with Crippen LogP contribution in [0.25, 0.3) is 0 Å². The van der Waals surface area contributed by atoms with Gasteiger partial charge in [-0.05, 0) is 72.5 Å². The van der Waals surface area contributed by atoms with Crippen molar-refractivity contribution in [1.29, 1.82) is 0 Å². The summed E-state index contributed by atoms with van der Waals surface area (Å²) in [5, 5.41) is 3.08. The summed E-state index contributed by atoms with van der Waals surface area (Å²) in [5.41, 5.74) is 0.470. The number of aromatic nitrogens is 1. The molecule has 7 heteroatoms. The highest BCUT2D eigenvalue weighted by atomic mass is 79.9. The van der Waals surface area contributed by atoms with Crippen molar-refractivity contribution < 1.29 is 8.78 Å². The fourth-order valence-corrected chi connectivity index (χ4v) is 3.55. The highest BCUT2D eigenvalue weighted by Crippen LogP contribution is 2.33. The van der Waals surface area contributed by atoms with Gasteiger partial charge in [-0.1, -0.05) is 6.92 Å². The van der Waals surface area contributed by atoms with Crippen molar-refractivity contribution in [3.05, 3.63) is 60.7 Å². The quantitative estimate of drug-likeness (QED) is 0.592. The van der Waals surface area contributed by atoms with Gasteiger partial charge in [0.1, 0.15) is 11.6 Å². The minimum Gasteiger partial charge on any atom is -0.305 e. The van der Waals surface area contributed by atoms with Gasteiger partial charge in [0.05, 0.1) is 16.2 Å². The SMILES string of the molecule is CCNC(c1ncc(Br)cc1Br)c1c(F)ccc(Br)c1F. The van der Waals surface area contributed by atoms with E-state index in [1.54, 1.807) is 12.3 Å². The monoisotopic (exact) mass is 482 g/mol.